The van der Waals surface area contributed by atoms with E-state index in [1.165, 1.54) is 0 Å². The van der Waals surface area contributed by atoms with Gasteiger partial charge in [0, 0.05) is 17.7 Å². The predicted molar refractivity (Wildman–Crippen MR) is 131 cm³/mol. The van der Waals surface area contributed by atoms with Gasteiger partial charge in [-0.2, -0.15) is 0 Å². The van der Waals surface area contributed by atoms with Crippen LogP contribution in [0, 0.1) is 5.92 Å². The topological polar surface area (TPSA) is 66.8 Å². The maximum Gasteiger partial charge on any atom is 0.306 e. The van der Waals surface area contributed by atoms with Crippen LogP contribution in [0.3, 0.4) is 0 Å². The summed E-state index contributed by atoms with van der Waals surface area (Å²) >= 11 is 6.61. The lowest BCUT2D eigenvalue weighted by Crippen LogP contribution is -2.18. The third-order valence-corrected chi connectivity index (χ3v) is 6.79. The molecule has 1 fully saturated rings. The van der Waals surface area contributed by atoms with E-state index < -0.39 is 12.2 Å². The standard InChI is InChI=1S/C27H41ClO4/c1-4-5-8-12-24(29)20-14-16-21(17-15-20)27-22(23(28)18-25(27)30)11-9-6-7-10-13-26(31)32-19(2)3/h6,9,14-17,19,22-25,27,29-30H,4-5,7-8,10-13,18H2,1-3H3/b9-6-/t22?,23-,24+,25-,27-/m1/s1. The second kappa shape index (κ2) is 14.0. The minimum absolute atomic E-state index is 0.00514. The van der Waals surface area contributed by atoms with Crippen LogP contribution in [0.2, 0.25) is 0 Å². The van der Waals surface area contributed by atoms with Crippen LogP contribution in [0.5, 0.6) is 0 Å². The summed E-state index contributed by atoms with van der Waals surface area (Å²) in [6.45, 7) is 5.87. The summed E-state index contributed by atoms with van der Waals surface area (Å²) in [6, 6.07) is 8.06. The van der Waals surface area contributed by atoms with Crippen LogP contribution in [0.15, 0.2) is 36.4 Å². The number of allylic oxidation sites excluding steroid dienone is 2. The van der Waals surface area contributed by atoms with Crippen molar-refractivity contribution in [3.8, 4) is 0 Å². The zero-order chi connectivity index (χ0) is 23.5. The number of alkyl halides is 1. The van der Waals surface area contributed by atoms with Crippen molar-refractivity contribution < 1.29 is 19.7 Å². The van der Waals surface area contributed by atoms with Crippen LogP contribution in [0.1, 0.15) is 102 Å². The molecule has 1 aliphatic carbocycles. The number of carbonyl (C=O) groups is 1. The number of hydrogen-bond donors (Lipinski definition) is 2. The fourth-order valence-corrected chi connectivity index (χ4v) is 5.02. The number of benzene rings is 1. The van der Waals surface area contributed by atoms with Crippen LogP contribution in [-0.4, -0.2) is 33.8 Å². The molecule has 0 saturated heterocycles. The van der Waals surface area contributed by atoms with Crippen LogP contribution >= 0.6 is 11.6 Å². The van der Waals surface area contributed by atoms with Gasteiger partial charge in [0.2, 0.25) is 0 Å². The number of hydrogen-bond acceptors (Lipinski definition) is 4. The number of unbranched alkanes of at least 4 members (excludes halogenated alkanes) is 3. The molecule has 0 aromatic heterocycles. The minimum Gasteiger partial charge on any atom is -0.463 e. The first-order valence-corrected chi connectivity index (χ1v) is 12.7. The lowest BCUT2D eigenvalue weighted by molar-refractivity contribution is -0.147. The van der Waals surface area contributed by atoms with E-state index in [1.807, 2.05) is 38.1 Å². The summed E-state index contributed by atoms with van der Waals surface area (Å²) in [5.74, 6) is 0.00994. The first-order chi connectivity index (χ1) is 15.3. The second-order valence-electron chi connectivity index (χ2n) is 9.32. The summed E-state index contributed by atoms with van der Waals surface area (Å²) in [4.78, 5) is 11.6. The van der Waals surface area contributed by atoms with E-state index in [-0.39, 0.29) is 29.3 Å². The van der Waals surface area contributed by atoms with E-state index in [1.54, 1.807) is 0 Å². The maximum atomic E-state index is 11.6. The van der Waals surface area contributed by atoms with Crippen LogP contribution < -0.4 is 0 Å². The molecular weight excluding hydrogens is 424 g/mol. The molecule has 1 saturated carbocycles. The van der Waals surface area contributed by atoms with Gasteiger partial charge in [0.25, 0.3) is 0 Å². The molecule has 2 rings (SSSR count). The molecule has 0 radical (unpaired) electrons. The molecule has 1 aromatic carbocycles. The molecule has 1 aliphatic rings. The Kier molecular flexibility index (Phi) is 11.8. The normalized spacial score (nSPS) is 24.3. The molecule has 0 amide bonds. The van der Waals surface area contributed by atoms with E-state index in [0.29, 0.717) is 12.8 Å². The molecule has 0 aliphatic heterocycles. The van der Waals surface area contributed by atoms with Crippen molar-refractivity contribution in [3.05, 3.63) is 47.5 Å². The molecule has 0 spiro atoms. The summed E-state index contributed by atoms with van der Waals surface area (Å²) in [6.07, 6.45) is 10.8. The minimum atomic E-state index is -0.456. The maximum absolute atomic E-state index is 11.6. The summed E-state index contributed by atoms with van der Waals surface area (Å²) < 4.78 is 5.15. The SMILES string of the molecule is CCCCC[C@H](O)c1ccc([C@@H]2C(C/C=C\CCCC(=O)OC(C)C)[C@H](Cl)C[C@H]2O)cc1. The number of rotatable bonds is 13. The van der Waals surface area contributed by atoms with E-state index in [0.717, 1.165) is 56.1 Å². The number of halogens is 1. The van der Waals surface area contributed by atoms with E-state index >= 15 is 0 Å². The lowest BCUT2D eigenvalue weighted by atomic mass is 9.84. The van der Waals surface area contributed by atoms with Crippen LogP contribution in [-0.2, 0) is 9.53 Å². The highest BCUT2D eigenvalue weighted by molar-refractivity contribution is 6.21. The molecule has 1 aromatic rings. The number of aliphatic hydroxyl groups is 2. The van der Waals surface area contributed by atoms with Gasteiger partial charge < -0.3 is 14.9 Å². The van der Waals surface area contributed by atoms with Crippen LogP contribution in [0.25, 0.3) is 0 Å². The van der Waals surface area contributed by atoms with E-state index in [4.69, 9.17) is 16.3 Å². The third-order valence-electron chi connectivity index (χ3n) is 6.29. The van der Waals surface area contributed by atoms with Crippen molar-refractivity contribution >= 4 is 17.6 Å². The second-order valence-corrected chi connectivity index (χ2v) is 9.89. The highest BCUT2D eigenvalue weighted by atomic mass is 35.5. The average molecular weight is 465 g/mol. The Labute approximate surface area is 199 Å². The number of esters is 1. The molecule has 5 heteroatoms. The van der Waals surface area contributed by atoms with Gasteiger partial charge in [0.15, 0.2) is 0 Å². The van der Waals surface area contributed by atoms with Crippen molar-refractivity contribution in [1.29, 1.82) is 0 Å². The lowest BCUT2D eigenvalue weighted by Gasteiger charge is -2.23. The first kappa shape index (κ1) is 26.9. The molecule has 5 atom stereocenters. The Hall–Kier alpha value is -1.36. The highest BCUT2D eigenvalue weighted by Gasteiger charge is 2.41. The largest absolute Gasteiger partial charge is 0.463 e. The zero-order valence-electron chi connectivity index (χ0n) is 19.9. The van der Waals surface area contributed by atoms with Gasteiger partial charge in [-0.1, -0.05) is 62.6 Å². The summed E-state index contributed by atoms with van der Waals surface area (Å²) in [5, 5.41) is 21.0. The van der Waals surface area contributed by atoms with Gasteiger partial charge in [0.05, 0.1) is 18.3 Å². The van der Waals surface area contributed by atoms with Crippen LogP contribution in [0.4, 0.5) is 0 Å². The van der Waals surface area contributed by atoms with Gasteiger partial charge in [-0.15, -0.1) is 11.6 Å². The fourth-order valence-electron chi connectivity index (χ4n) is 4.58. The highest BCUT2D eigenvalue weighted by Crippen LogP contribution is 2.45. The van der Waals surface area contributed by atoms with Crippen molar-refractivity contribution in [2.45, 2.75) is 108 Å². The molecular formula is C27H41ClO4. The first-order valence-electron chi connectivity index (χ1n) is 12.3. The Morgan fingerprint density at radius 2 is 1.91 bits per heavy atom. The zero-order valence-corrected chi connectivity index (χ0v) is 20.6. The number of aliphatic hydroxyl groups excluding tert-OH is 2. The van der Waals surface area contributed by atoms with Gasteiger partial charge >= 0.3 is 5.97 Å². The monoisotopic (exact) mass is 464 g/mol. The Morgan fingerprint density at radius 3 is 2.56 bits per heavy atom. The van der Waals surface area contributed by atoms with Gasteiger partial charge in [-0.05, 0) is 63.0 Å². The molecule has 1 unspecified atom stereocenters. The number of carbonyl (C=O) groups excluding carboxylic acids is 1. The molecule has 0 heterocycles. The van der Waals surface area contributed by atoms with Crippen molar-refractivity contribution in [3.63, 3.8) is 0 Å². The molecule has 0 bridgehead atoms. The molecule has 4 nitrogen and oxygen atoms in total. The van der Waals surface area contributed by atoms with Crippen molar-refractivity contribution in [2.75, 3.05) is 0 Å². The van der Waals surface area contributed by atoms with Gasteiger partial charge in [-0.3, -0.25) is 4.79 Å². The summed E-state index contributed by atoms with van der Waals surface area (Å²) in [5.41, 5.74) is 2.02. The molecule has 32 heavy (non-hydrogen) atoms. The third kappa shape index (κ3) is 8.53. The van der Waals surface area contributed by atoms with Gasteiger partial charge in [0.1, 0.15) is 0 Å². The van der Waals surface area contributed by atoms with Crippen molar-refractivity contribution in [2.24, 2.45) is 5.92 Å². The smallest absolute Gasteiger partial charge is 0.306 e. The van der Waals surface area contributed by atoms with Crippen molar-refractivity contribution in [1.82, 2.24) is 0 Å². The Bertz CT molecular complexity index is 700. The Morgan fingerprint density at radius 1 is 1.19 bits per heavy atom. The van der Waals surface area contributed by atoms with E-state index in [9.17, 15) is 15.0 Å². The quantitative estimate of drug-likeness (QED) is 0.152. The Balaban J connectivity index is 1.89. The average Bonchev–Trinajstić information content (AvgIpc) is 3.03. The fraction of sp³-hybridized carbons (Fsp3) is 0.667. The number of ether oxygens (including phenoxy) is 1. The molecule has 180 valence electrons. The van der Waals surface area contributed by atoms with Gasteiger partial charge in [-0.25, -0.2) is 0 Å². The predicted octanol–water partition coefficient (Wildman–Crippen LogP) is 6.44. The summed E-state index contributed by atoms with van der Waals surface area (Å²) in [7, 11) is 0. The molecule has 2 N–H and O–H groups in total. The van der Waals surface area contributed by atoms with E-state index in [2.05, 4.69) is 19.1 Å².